The van der Waals surface area contributed by atoms with E-state index in [2.05, 4.69) is 0 Å². The van der Waals surface area contributed by atoms with Gasteiger partial charge in [-0.25, -0.2) is 4.79 Å². The van der Waals surface area contributed by atoms with Crippen LogP contribution in [-0.4, -0.2) is 11.1 Å². The van der Waals surface area contributed by atoms with E-state index >= 15 is 0 Å². The largest absolute Gasteiger partial charge is 0.478 e. The van der Waals surface area contributed by atoms with E-state index in [1.54, 1.807) is 13.2 Å². The Bertz CT molecular complexity index is 725. The number of carboxylic acids is 1. The van der Waals surface area contributed by atoms with E-state index in [0.29, 0.717) is 16.9 Å². The lowest BCUT2D eigenvalue weighted by molar-refractivity contribution is -0.131. The number of fused-ring (bicyclic) bond motifs is 2. The maximum Gasteiger partial charge on any atom is 0.328 e. The summed E-state index contributed by atoms with van der Waals surface area (Å²) >= 11 is 0. The molecule has 0 radical (unpaired) electrons. The summed E-state index contributed by atoms with van der Waals surface area (Å²) in [4.78, 5) is 10.6. The molecule has 90 valence electrons. The van der Waals surface area contributed by atoms with Crippen LogP contribution in [0.3, 0.4) is 0 Å². The first-order chi connectivity index (χ1) is 8.63. The van der Waals surface area contributed by atoms with Crippen molar-refractivity contribution in [2.24, 2.45) is 0 Å². The molecule has 0 atom stereocenters. The highest BCUT2D eigenvalue weighted by Gasteiger charge is 2.09. The van der Waals surface area contributed by atoms with Crippen molar-refractivity contribution in [2.75, 3.05) is 0 Å². The first-order valence-electron chi connectivity index (χ1n) is 5.46. The molecular weight excluding hydrogens is 232 g/mol. The lowest BCUT2D eigenvalue weighted by Gasteiger charge is -1.92. The number of hydrogen-bond donors (Lipinski definition) is 1. The minimum atomic E-state index is -0.985. The molecule has 0 aliphatic carbocycles. The van der Waals surface area contributed by atoms with Gasteiger partial charge in [0.1, 0.15) is 16.9 Å². The van der Waals surface area contributed by atoms with Gasteiger partial charge in [0, 0.05) is 22.9 Å². The molecule has 3 aromatic rings. The molecule has 3 rings (SSSR count). The van der Waals surface area contributed by atoms with Crippen LogP contribution in [0.1, 0.15) is 12.7 Å². The van der Waals surface area contributed by atoms with Crippen LogP contribution in [0.2, 0.25) is 0 Å². The number of aliphatic carboxylic acids is 1. The summed E-state index contributed by atoms with van der Waals surface area (Å²) in [5.41, 5.74) is 2.02. The van der Waals surface area contributed by atoms with Gasteiger partial charge >= 0.3 is 5.97 Å². The van der Waals surface area contributed by atoms with Crippen LogP contribution < -0.4 is 0 Å². The number of furan rings is 2. The van der Waals surface area contributed by atoms with Crippen LogP contribution in [0.25, 0.3) is 27.5 Å². The third-order valence-electron chi connectivity index (χ3n) is 2.82. The van der Waals surface area contributed by atoms with Crippen molar-refractivity contribution in [3.63, 3.8) is 0 Å². The average molecular weight is 242 g/mol. The van der Waals surface area contributed by atoms with E-state index < -0.39 is 5.97 Å². The van der Waals surface area contributed by atoms with Crippen LogP contribution in [-0.2, 0) is 4.79 Å². The Balaban J connectivity index is 2.18. The molecule has 2 aromatic heterocycles. The molecule has 1 aromatic carbocycles. The molecule has 0 aliphatic heterocycles. The summed E-state index contributed by atoms with van der Waals surface area (Å²) in [6, 6.07) is 7.47. The second kappa shape index (κ2) is 3.77. The maximum atomic E-state index is 10.6. The predicted molar refractivity (Wildman–Crippen MR) is 67.3 cm³/mol. The van der Waals surface area contributed by atoms with Crippen LogP contribution in [0.15, 0.2) is 45.4 Å². The smallest absolute Gasteiger partial charge is 0.328 e. The summed E-state index contributed by atoms with van der Waals surface area (Å²) in [5, 5.41) is 10.6. The molecule has 18 heavy (non-hydrogen) atoms. The molecular formula is C14H10O4. The van der Waals surface area contributed by atoms with E-state index in [9.17, 15) is 4.79 Å². The predicted octanol–water partition coefficient (Wildman–Crippen LogP) is 3.67. The van der Waals surface area contributed by atoms with Crippen molar-refractivity contribution in [1.82, 2.24) is 0 Å². The summed E-state index contributed by atoms with van der Waals surface area (Å²) in [6.45, 7) is 1.70. The van der Waals surface area contributed by atoms with Crippen molar-refractivity contribution in [1.29, 1.82) is 0 Å². The Morgan fingerprint density at radius 3 is 2.83 bits per heavy atom. The zero-order chi connectivity index (χ0) is 12.7. The topological polar surface area (TPSA) is 63.6 Å². The van der Waals surface area contributed by atoms with Gasteiger partial charge < -0.3 is 13.9 Å². The fourth-order valence-corrected chi connectivity index (χ4v) is 1.95. The van der Waals surface area contributed by atoms with Gasteiger partial charge in [0.25, 0.3) is 0 Å². The first-order valence-corrected chi connectivity index (χ1v) is 5.46. The zero-order valence-electron chi connectivity index (χ0n) is 9.64. The summed E-state index contributed by atoms with van der Waals surface area (Å²) in [5.74, 6) is -0.429. The SMILES string of the molecule is C/C(=C/C(=O)O)c1cc2cc3ccoc3cc2o1. The number of carboxylic acid groups (broad SMARTS) is 1. The number of hydrogen-bond acceptors (Lipinski definition) is 3. The standard InChI is InChI=1S/C14H10O4/c1-8(4-14(15)16)11-6-10-5-9-2-3-17-12(9)7-13(10)18-11/h2-7H,1H3,(H,15,16)/b8-4-. The lowest BCUT2D eigenvalue weighted by Crippen LogP contribution is -1.88. The molecule has 0 saturated heterocycles. The molecule has 1 N–H and O–H groups in total. The number of rotatable bonds is 2. The molecule has 0 bridgehead atoms. The van der Waals surface area contributed by atoms with E-state index in [1.165, 1.54) is 0 Å². The van der Waals surface area contributed by atoms with Crippen LogP contribution in [0.5, 0.6) is 0 Å². The molecule has 4 nitrogen and oxygen atoms in total. The second-order valence-corrected chi connectivity index (χ2v) is 4.12. The van der Waals surface area contributed by atoms with Gasteiger partial charge in [0.05, 0.1) is 6.26 Å². The molecule has 2 heterocycles. The molecule has 0 saturated carbocycles. The Labute approximate surface area is 102 Å². The Hall–Kier alpha value is -2.49. The lowest BCUT2D eigenvalue weighted by atomic mass is 10.1. The first kappa shape index (κ1) is 10.7. The highest BCUT2D eigenvalue weighted by molar-refractivity contribution is 5.96. The van der Waals surface area contributed by atoms with E-state index in [0.717, 1.165) is 22.4 Å². The minimum absolute atomic E-state index is 0.556. The third kappa shape index (κ3) is 1.68. The quantitative estimate of drug-likeness (QED) is 0.696. The summed E-state index contributed by atoms with van der Waals surface area (Å²) in [6.07, 6.45) is 2.75. The Morgan fingerprint density at radius 1 is 1.22 bits per heavy atom. The fraction of sp³-hybridized carbons (Fsp3) is 0.0714. The van der Waals surface area contributed by atoms with Gasteiger partial charge in [-0.15, -0.1) is 0 Å². The Morgan fingerprint density at radius 2 is 2.06 bits per heavy atom. The van der Waals surface area contributed by atoms with E-state index in [1.807, 2.05) is 24.3 Å². The summed E-state index contributed by atoms with van der Waals surface area (Å²) < 4.78 is 10.9. The molecule has 0 amide bonds. The summed E-state index contributed by atoms with van der Waals surface area (Å²) in [7, 11) is 0. The molecule has 0 unspecified atom stereocenters. The van der Waals surface area contributed by atoms with Crippen molar-refractivity contribution in [3.8, 4) is 0 Å². The number of carbonyl (C=O) groups is 1. The highest BCUT2D eigenvalue weighted by atomic mass is 16.4. The Kier molecular flexibility index (Phi) is 2.23. The minimum Gasteiger partial charge on any atom is -0.478 e. The van der Waals surface area contributed by atoms with Crippen molar-refractivity contribution in [3.05, 3.63) is 42.4 Å². The van der Waals surface area contributed by atoms with Gasteiger partial charge in [-0.2, -0.15) is 0 Å². The van der Waals surface area contributed by atoms with Gasteiger partial charge in [0.2, 0.25) is 0 Å². The number of benzene rings is 1. The maximum absolute atomic E-state index is 10.6. The van der Waals surface area contributed by atoms with Gasteiger partial charge in [-0.1, -0.05) is 0 Å². The van der Waals surface area contributed by atoms with Crippen molar-refractivity contribution >= 4 is 33.5 Å². The van der Waals surface area contributed by atoms with Crippen LogP contribution in [0.4, 0.5) is 0 Å². The van der Waals surface area contributed by atoms with Crippen LogP contribution >= 0.6 is 0 Å². The monoisotopic (exact) mass is 242 g/mol. The van der Waals surface area contributed by atoms with Crippen molar-refractivity contribution in [2.45, 2.75) is 6.92 Å². The van der Waals surface area contributed by atoms with Gasteiger partial charge in [-0.3, -0.25) is 0 Å². The normalized spacial score (nSPS) is 12.4. The van der Waals surface area contributed by atoms with Crippen LogP contribution in [0, 0.1) is 0 Å². The molecule has 0 aliphatic rings. The van der Waals surface area contributed by atoms with E-state index in [-0.39, 0.29) is 0 Å². The highest BCUT2D eigenvalue weighted by Crippen LogP contribution is 2.29. The molecule has 0 spiro atoms. The molecule has 0 fully saturated rings. The van der Waals surface area contributed by atoms with Crippen molar-refractivity contribution < 1.29 is 18.7 Å². The van der Waals surface area contributed by atoms with E-state index in [4.69, 9.17) is 13.9 Å². The second-order valence-electron chi connectivity index (χ2n) is 4.12. The average Bonchev–Trinajstić information content (AvgIpc) is 2.88. The third-order valence-corrected chi connectivity index (χ3v) is 2.82. The van der Waals surface area contributed by atoms with Gasteiger partial charge in [-0.05, 0) is 30.7 Å². The molecule has 4 heteroatoms. The zero-order valence-corrected chi connectivity index (χ0v) is 9.64. The fourth-order valence-electron chi connectivity index (χ4n) is 1.95. The van der Waals surface area contributed by atoms with Gasteiger partial charge in [0.15, 0.2) is 0 Å². The number of allylic oxidation sites excluding steroid dienone is 1.